The number of urea groups is 1. The zero-order chi connectivity index (χ0) is 16.8. The van der Waals surface area contributed by atoms with Gasteiger partial charge in [-0.05, 0) is 18.9 Å². The summed E-state index contributed by atoms with van der Waals surface area (Å²) in [5, 5.41) is 22.9. The van der Waals surface area contributed by atoms with Crippen LogP contribution in [-0.2, 0) is 4.79 Å². The fourth-order valence-electron chi connectivity index (χ4n) is 1.29. The summed E-state index contributed by atoms with van der Waals surface area (Å²) in [4.78, 5) is 26.3. The summed E-state index contributed by atoms with van der Waals surface area (Å²) in [6.45, 7) is 5.26. The fourth-order valence-corrected chi connectivity index (χ4v) is 1.29. The highest BCUT2D eigenvalue weighted by Crippen LogP contribution is 2.12. The molecule has 0 saturated carbocycles. The van der Waals surface area contributed by atoms with Gasteiger partial charge >= 0.3 is 12.0 Å². The van der Waals surface area contributed by atoms with Gasteiger partial charge in [-0.1, -0.05) is 13.8 Å². The molecule has 8 nitrogen and oxygen atoms in total. The predicted octanol–water partition coefficient (Wildman–Crippen LogP) is 1.07. The van der Waals surface area contributed by atoms with E-state index in [0.29, 0.717) is 24.1 Å². The van der Waals surface area contributed by atoms with Crippen molar-refractivity contribution >= 4 is 17.7 Å². The lowest BCUT2D eigenvalue weighted by Gasteiger charge is -2.18. The van der Waals surface area contributed by atoms with Crippen LogP contribution in [0.2, 0.25) is 0 Å². The molecule has 0 radical (unpaired) electrons. The molecule has 122 valence electrons. The molecule has 1 unspecified atom stereocenters. The molecule has 8 heteroatoms. The van der Waals surface area contributed by atoms with Crippen LogP contribution in [0.3, 0.4) is 0 Å². The monoisotopic (exact) mass is 311 g/mol. The smallest absolute Gasteiger partial charge is 0.337 e. The number of nitrogens with one attached hydrogen (secondary N) is 2. The lowest BCUT2D eigenvalue weighted by Crippen LogP contribution is -2.47. The van der Waals surface area contributed by atoms with Gasteiger partial charge in [-0.3, -0.25) is 0 Å². The van der Waals surface area contributed by atoms with Gasteiger partial charge in [0.2, 0.25) is 5.88 Å². The highest BCUT2D eigenvalue weighted by Gasteiger charge is 2.30. The lowest BCUT2D eigenvalue weighted by atomic mass is 10.1. The Labute approximate surface area is 128 Å². The maximum absolute atomic E-state index is 11.6. The largest absolute Gasteiger partial charge is 0.479 e. The number of nitrogens with zero attached hydrogens (tertiary/aromatic N) is 1. The third-order valence-electron chi connectivity index (χ3n) is 2.61. The standard InChI is InChI=1S/C14H21N3O5/c1-9(2)7-22-11-5-4-10(6-15-11)17-13(20)16-8-14(3,21)12(18)19/h4-6,9,21H,7-8H2,1-3H3,(H,18,19)(H2,16,17,20). The number of ether oxygens (including phenoxy) is 1. The van der Waals surface area contributed by atoms with E-state index >= 15 is 0 Å². The molecule has 0 aliphatic rings. The first-order valence-electron chi connectivity index (χ1n) is 6.80. The molecule has 2 amide bonds. The number of hydrogen-bond acceptors (Lipinski definition) is 5. The van der Waals surface area contributed by atoms with Crippen molar-refractivity contribution in [3.8, 4) is 5.88 Å². The van der Waals surface area contributed by atoms with Crippen molar-refractivity contribution in [1.29, 1.82) is 0 Å². The second-order valence-corrected chi connectivity index (χ2v) is 5.48. The quantitative estimate of drug-likeness (QED) is 0.598. The molecule has 1 heterocycles. The van der Waals surface area contributed by atoms with E-state index in [2.05, 4.69) is 15.6 Å². The van der Waals surface area contributed by atoms with Crippen LogP contribution in [0.1, 0.15) is 20.8 Å². The Morgan fingerprint density at radius 3 is 2.59 bits per heavy atom. The average molecular weight is 311 g/mol. The Morgan fingerprint density at radius 1 is 1.41 bits per heavy atom. The van der Waals surface area contributed by atoms with Crippen LogP contribution in [0.5, 0.6) is 5.88 Å². The van der Waals surface area contributed by atoms with Crippen LogP contribution in [-0.4, -0.2) is 46.0 Å². The van der Waals surface area contributed by atoms with Gasteiger partial charge in [0.05, 0.1) is 25.0 Å². The Bertz CT molecular complexity index is 514. The van der Waals surface area contributed by atoms with Crippen LogP contribution in [0, 0.1) is 5.92 Å². The van der Waals surface area contributed by atoms with Gasteiger partial charge < -0.3 is 25.6 Å². The summed E-state index contributed by atoms with van der Waals surface area (Å²) in [7, 11) is 0. The molecular formula is C14H21N3O5. The number of rotatable bonds is 7. The van der Waals surface area contributed by atoms with Gasteiger partial charge in [0.1, 0.15) is 0 Å². The normalized spacial score (nSPS) is 13.3. The van der Waals surface area contributed by atoms with Crippen LogP contribution in [0.15, 0.2) is 18.3 Å². The van der Waals surface area contributed by atoms with E-state index in [9.17, 15) is 14.7 Å². The van der Waals surface area contributed by atoms with Gasteiger partial charge in [-0.15, -0.1) is 0 Å². The summed E-state index contributed by atoms with van der Waals surface area (Å²) in [5.74, 6) is -0.581. The van der Waals surface area contributed by atoms with Crippen molar-refractivity contribution in [2.75, 3.05) is 18.5 Å². The minimum atomic E-state index is -2.02. The van der Waals surface area contributed by atoms with Crippen molar-refractivity contribution in [2.45, 2.75) is 26.4 Å². The van der Waals surface area contributed by atoms with Crippen LogP contribution >= 0.6 is 0 Å². The first-order chi connectivity index (χ1) is 10.2. The summed E-state index contributed by atoms with van der Waals surface area (Å²) in [5.41, 5.74) is -1.60. The number of carbonyl (C=O) groups is 2. The molecule has 1 rings (SSSR count). The zero-order valence-corrected chi connectivity index (χ0v) is 12.8. The predicted molar refractivity (Wildman–Crippen MR) is 79.9 cm³/mol. The van der Waals surface area contributed by atoms with E-state index in [4.69, 9.17) is 9.84 Å². The number of pyridine rings is 1. The molecule has 1 aromatic rings. The SMILES string of the molecule is CC(C)COc1ccc(NC(=O)NCC(C)(O)C(=O)O)cn1. The third kappa shape index (κ3) is 5.96. The lowest BCUT2D eigenvalue weighted by molar-refractivity contribution is -0.155. The average Bonchev–Trinajstić information content (AvgIpc) is 2.44. The second-order valence-electron chi connectivity index (χ2n) is 5.48. The first-order valence-corrected chi connectivity index (χ1v) is 6.80. The van der Waals surface area contributed by atoms with E-state index in [1.54, 1.807) is 12.1 Å². The fraction of sp³-hybridized carbons (Fsp3) is 0.500. The van der Waals surface area contributed by atoms with E-state index in [-0.39, 0.29) is 0 Å². The van der Waals surface area contributed by atoms with Gasteiger partial charge in [-0.25, -0.2) is 14.6 Å². The maximum atomic E-state index is 11.6. The Balaban J connectivity index is 2.46. The molecular weight excluding hydrogens is 290 g/mol. The molecule has 22 heavy (non-hydrogen) atoms. The van der Waals surface area contributed by atoms with E-state index in [1.807, 2.05) is 13.8 Å². The van der Waals surface area contributed by atoms with Gasteiger partial charge in [0.25, 0.3) is 0 Å². The number of carbonyl (C=O) groups excluding carboxylic acids is 1. The Morgan fingerprint density at radius 2 is 2.09 bits per heavy atom. The summed E-state index contributed by atoms with van der Waals surface area (Å²) >= 11 is 0. The van der Waals surface area contributed by atoms with E-state index in [1.165, 1.54) is 6.20 Å². The van der Waals surface area contributed by atoms with Crippen molar-refractivity contribution in [2.24, 2.45) is 5.92 Å². The van der Waals surface area contributed by atoms with Crippen molar-refractivity contribution < 1.29 is 24.5 Å². The first kappa shape index (κ1) is 17.7. The number of aliphatic carboxylic acids is 1. The summed E-state index contributed by atoms with van der Waals surface area (Å²) < 4.78 is 5.41. The highest BCUT2D eigenvalue weighted by molar-refractivity contribution is 5.89. The molecule has 0 fully saturated rings. The number of anilines is 1. The third-order valence-corrected chi connectivity index (χ3v) is 2.61. The van der Waals surface area contributed by atoms with Crippen molar-refractivity contribution in [3.63, 3.8) is 0 Å². The topological polar surface area (TPSA) is 121 Å². The minimum Gasteiger partial charge on any atom is -0.479 e. The molecule has 4 N–H and O–H groups in total. The van der Waals surface area contributed by atoms with Gasteiger partial charge in [0.15, 0.2) is 5.60 Å². The number of amides is 2. The molecule has 0 saturated heterocycles. The number of carboxylic acid groups (broad SMARTS) is 1. The Hall–Kier alpha value is -2.35. The van der Waals surface area contributed by atoms with Crippen LogP contribution < -0.4 is 15.4 Å². The number of aliphatic hydroxyl groups is 1. The molecule has 0 spiro atoms. The summed E-state index contributed by atoms with van der Waals surface area (Å²) in [6.07, 6.45) is 1.42. The minimum absolute atomic E-state index is 0.382. The van der Waals surface area contributed by atoms with Gasteiger partial charge in [0, 0.05) is 6.07 Å². The summed E-state index contributed by atoms with van der Waals surface area (Å²) in [6, 6.07) is 2.59. The zero-order valence-electron chi connectivity index (χ0n) is 12.8. The van der Waals surface area contributed by atoms with Crippen molar-refractivity contribution in [1.82, 2.24) is 10.3 Å². The molecule has 0 bridgehead atoms. The number of carboxylic acids is 1. The van der Waals surface area contributed by atoms with Crippen LogP contribution in [0.25, 0.3) is 0 Å². The van der Waals surface area contributed by atoms with Crippen LogP contribution in [0.4, 0.5) is 10.5 Å². The number of aromatic nitrogens is 1. The second kappa shape index (κ2) is 7.60. The molecule has 1 aromatic heterocycles. The van der Waals surface area contributed by atoms with Crippen molar-refractivity contribution in [3.05, 3.63) is 18.3 Å². The molecule has 0 aromatic carbocycles. The van der Waals surface area contributed by atoms with Gasteiger partial charge in [-0.2, -0.15) is 0 Å². The molecule has 0 aliphatic carbocycles. The molecule has 1 atom stereocenters. The maximum Gasteiger partial charge on any atom is 0.337 e. The van der Waals surface area contributed by atoms with E-state index in [0.717, 1.165) is 6.92 Å². The highest BCUT2D eigenvalue weighted by atomic mass is 16.5. The van der Waals surface area contributed by atoms with E-state index < -0.39 is 24.1 Å². The number of hydrogen-bond donors (Lipinski definition) is 4. The Kier molecular flexibility index (Phi) is 6.11. The molecule has 0 aliphatic heterocycles.